The monoisotopic (exact) mass is 222 g/mol. The van der Waals surface area contributed by atoms with Crippen molar-refractivity contribution < 1.29 is 9.59 Å². The first-order chi connectivity index (χ1) is 7.24. The minimum atomic E-state index is 0.0423. The highest BCUT2D eigenvalue weighted by Gasteiger charge is 2.08. The Morgan fingerprint density at radius 2 is 1.80 bits per heavy atom. The van der Waals surface area contributed by atoms with Gasteiger partial charge in [0.15, 0.2) is 10.9 Å². The summed E-state index contributed by atoms with van der Waals surface area (Å²) in [5.41, 5.74) is 0.687. The average molecular weight is 222 g/mol. The molecule has 3 heteroatoms. The third-order valence-corrected chi connectivity index (χ3v) is 2.77. The van der Waals surface area contributed by atoms with Crippen LogP contribution in [0.5, 0.6) is 0 Å². The van der Waals surface area contributed by atoms with E-state index < -0.39 is 0 Å². The SMILES string of the molecule is CCSC(=O)CCC(=O)c1ccccc1. The maximum Gasteiger partial charge on any atom is 0.189 e. The van der Waals surface area contributed by atoms with Crippen molar-refractivity contribution in [1.82, 2.24) is 0 Å². The summed E-state index contributed by atoms with van der Waals surface area (Å²) >= 11 is 1.28. The molecule has 0 unspecified atom stereocenters. The molecular formula is C12H14O2S. The van der Waals surface area contributed by atoms with E-state index in [4.69, 9.17) is 0 Å². The fraction of sp³-hybridized carbons (Fsp3) is 0.333. The van der Waals surface area contributed by atoms with Gasteiger partial charge >= 0.3 is 0 Å². The Hall–Kier alpha value is -1.09. The predicted octanol–water partition coefficient (Wildman–Crippen LogP) is 2.93. The van der Waals surface area contributed by atoms with E-state index in [1.807, 2.05) is 25.1 Å². The van der Waals surface area contributed by atoms with Gasteiger partial charge in [0.2, 0.25) is 0 Å². The molecule has 0 N–H and O–H groups in total. The second kappa shape index (κ2) is 6.40. The van der Waals surface area contributed by atoms with E-state index in [0.29, 0.717) is 18.4 Å². The summed E-state index contributed by atoms with van der Waals surface area (Å²) in [6, 6.07) is 9.08. The van der Waals surface area contributed by atoms with Crippen molar-refractivity contribution in [2.24, 2.45) is 0 Å². The Balaban J connectivity index is 2.40. The highest BCUT2D eigenvalue weighted by molar-refractivity contribution is 8.13. The van der Waals surface area contributed by atoms with Crippen LogP contribution in [0.2, 0.25) is 0 Å². The molecule has 2 nitrogen and oxygen atoms in total. The van der Waals surface area contributed by atoms with Gasteiger partial charge in [0.1, 0.15) is 0 Å². The van der Waals surface area contributed by atoms with E-state index in [0.717, 1.165) is 5.75 Å². The normalized spacial score (nSPS) is 9.93. The van der Waals surface area contributed by atoms with Crippen LogP contribution >= 0.6 is 11.8 Å². The molecule has 0 aliphatic carbocycles. The Labute approximate surface area is 94.1 Å². The van der Waals surface area contributed by atoms with E-state index in [2.05, 4.69) is 0 Å². The van der Waals surface area contributed by atoms with Crippen LogP contribution in [-0.4, -0.2) is 16.7 Å². The Kier molecular flexibility index (Phi) is 5.12. The first-order valence-electron chi connectivity index (χ1n) is 4.98. The Bertz CT molecular complexity index is 333. The molecule has 1 aromatic carbocycles. The van der Waals surface area contributed by atoms with Gasteiger partial charge in [0.25, 0.3) is 0 Å². The zero-order valence-corrected chi connectivity index (χ0v) is 9.55. The van der Waals surface area contributed by atoms with Crippen LogP contribution in [0.15, 0.2) is 30.3 Å². The maximum absolute atomic E-state index is 11.6. The van der Waals surface area contributed by atoms with Crippen LogP contribution in [0.3, 0.4) is 0 Å². The van der Waals surface area contributed by atoms with Gasteiger partial charge < -0.3 is 0 Å². The molecule has 1 rings (SSSR count). The Morgan fingerprint density at radius 3 is 2.40 bits per heavy atom. The topological polar surface area (TPSA) is 34.1 Å². The first kappa shape index (κ1) is 12.0. The van der Waals surface area contributed by atoms with E-state index >= 15 is 0 Å². The molecule has 0 saturated heterocycles. The van der Waals surface area contributed by atoms with Gasteiger partial charge in [-0.1, -0.05) is 49.0 Å². The molecule has 0 aliphatic rings. The summed E-state index contributed by atoms with van der Waals surface area (Å²) in [5.74, 6) is 0.818. The van der Waals surface area contributed by atoms with Gasteiger partial charge in [-0.3, -0.25) is 9.59 Å². The van der Waals surface area contributed by atoms with Crippen LogP contribution in [0.1, 0.15) is 30.1 Å². The molecule has 0 bridgehead atoms. The molecule has 15 heavy (non-hydrogen) atoms. The molecule has 0 saturated carbocycles. The van der Waals surface area contributed by atoms with E-state index in [1.165, 1.54) is 11.8 Å². The molecule has 0 heterocycles. The Morgan fingerprint density at radius 1 is 1.13 bits per heavy atom. The summed E-state index contributed by atoms with van der Waals surface area (Å²) in [6.07, 6.45) is 0.655. The van der Waals surface area contributed by atoms with Crippen molar-refractivity contribution in [2.45, 2.75) is 19.8 Å². The van der Waals surface area contributed by atoms with Crippen molar-refractivity contribution in [2.75, 3.05) is 5.75 Å². The number of rotatable bonds is 5. The number of hydrogen-bond acceptors (Lipinski definition) is 3. The molecular weight excluding hydrogens is 208 g/mol. The van der Waals surface area contributed by atoms with Gasteiger partial charge in [-0.05, 0) is 5.75 Å². The molecule has 0 amide bonds. The summed E-state index contributed by atoms with van der Waals surface area (Å²) in [7, 11) is 0. The number of carbonyl (C=O) groups excluding carboxylic acids is 2. The highest BCUT2D eigenvalue weighted by atomic mass is 32.2. The standard InChI is InChI=1S/C12H14O2S/c1-2-15-12(14)9-8-11(13)10-6-4-3-5-7-10/h3-7H,2,8-9H2,1H3. The lowest BCUT2D eigenvalue weighted by Crippen LogP contribution is -2.02. The second-order valence-electron chi connectivity index (χ2n) is 3.09. The summed E-state index contributed by atoms with van der Waals surface area (Å²) < 4.78 is 0. The van der Waals surface area contributed by atoms with Crippen LogP contribution in [-0.2, 0) is 4.79 Å². The number of ketones is 1. The fourth-order valence-electron chi connectivity index (χ4n) is 1.22. The first-order valence-corrected chi connectivity index (χ1v) is 5.96. The van der Waals surface area contributed by atoms with Crippen LogP contribution < -0.4 is 0 Å². The van der Waals surface area contributed by atoms with E-state index in [9.17, 15) is 9.59 Å². The molecule has 0 radical (unpaired) electrons. The summed E-state index contributed by atoms with van der Waals surface area (Å²) in [4.78, 5) is 22.8. The largest absolute Gasteiger partial charge is 0.294 e. The van der Waals surface area contributed by atoms with E-state index in [-0.39, 0.29) is 10.9 Å². The van der Waals surface area contributed by atoms with Gasteiger partial charge in [0, 0.05) is 18.4 Å². The van der Waals surface area contributed by atoms with Crippen molar-refractivity contribution in [3.63, 3.8) is 0 Å². The molecule has 0 atom stereocenters. The molecule has 0 aliphatic heterocycles. The predicted molar refractivity (Wildman–Crippen MR) is 63.1 cm³/mol. The molecule has 1 aromatic rings. The van der Waals surface area contributed by atoms with Crippen molar-refractivity contribution in [1.29, 1.82) is 0 Å². The van der Waals surface area contributed by atoms with Crippen LogP contribution in [0.25, 0.3) is 0 Å². The lowest BCUT2D eigenvalue weighted by molar-refractivity contribution is -0.110. The molecule has 0 spiro atoms. The number of Topliss-reactive ketones (excluding diaryl/α,β-unsaturated/α-hetero) is 1. The van der Waals surface area contributed by atoms with E-state index in [1.54, 1.807) is 12.1 Å². The zero-order chi connectivity index (χ0) is 11.1. The fourth-order valence-corrected chi connectivity index (χ4v) is 1.79. The lowest BCUT2D eigenvalue weighted by atomic mass is 10.1. The van der Waals surface area contributed by atoms with Crippen molar-refractivity contribution in [3.8, 4) is 0 Å². The lowest BCUT2D eigenvalue weighted by Gasteiger charge is -1.99. The second-order valence-corrected chi connectivity index (χ2v) is 4.42. The third kappa shape index (κ3) is 4.30. The van der Waals surface area contributed by atoms with Gasteiger partial charge in [-0.2, -0.15) is 0 Å². The average Bonchev–Trinajstić information content (AvgIpc) is 2.27. The highest BCUT2D eigenvalue weighted by Crippen LogP contribution is 2.10. The van der Waals surface area contributed by atoms with Gasteiger partial charge in [-0.15, -0.1) is 0 Å². The minimum Gasteiger partial charge on any atom is -0.294 e. The smallest absolute Gasteiger partial charge is 0.189 e. The van der Waals surface area contributed by atoms with Gasteiger partial charge in [0.05, 0.1) is 0 Å². The summed E-state index contributed by atoms with van der Waals surface area (Å²) in [5, 5.41) is 0.0989. The van der Waals surface area contributed by atoms with Crippen LogP contribution in [0.4, 0.5) is 0 Å². The molecule has 80 valence electrons. The quantitative estimate of drug-likeness (QED) is 0.718. The van der Waals surface area contributed by atoms with Crippen molar-refractivity contribution in [3.05, 3.63) is 35.9 Å². The minimum absolute atomic E-state index is 0.0423. The number of hydrogen-bond donors (Lipinski definition) is 0. The number of benzene rings is 1. The van der Waals surface area contributed by atoms with Gasteiger partial charge in [-0.25, -0.2) is 0 Å². The van der Waals surface area contributed by atoms with Crippen molar-refractivity contribution >= 4 is 22.7 Å². The number of thioether (sulfide) groups is 1. The molecule has 0 fully saturated rings. The molecule has 0 aromatic heterocycles. The van der Waals surface area contributed by atoms with Crippen LogP contribution in [0, 0.1) is 0 Å². The number of carbonyl (C=O) groups is 2. The third-order valence-electron chi connectivity index (χ3n) is 1.96. The maximum atomic E-state index is 11.6. The zero-order valence-electron chi connectivity index (χ0n) is 8.73. The summed E-state index contributed by atoms with van der Waals surface area (Å²) in [6.45, 7) is 1.93.